The number of ether oxygens (including phenoxy) is 1. The van der Waals surface area contributed by atoms with Gasteiger partial charge in [0.1, 0.15) is 5.60 Å². The van der Waals surface area contributed by atoms with Gasteiger partial charge >= 0.3 is 5.97 Å². The molecular formula is C13H20N2O5S. The molecule has 7 nitrogen and oxygen atoms in total. The first-order valence-electron chi connectivity index (χ1n) is 6.74. The van der Waals surface area contributed by atoms with Crippen molar-refractivity contribution in [2.45, 2.75) is 31.5 Å². The molecule has 1 aromatic rings. The van der Waals surface area contributed by atoms with Crippen molar-refractivity contribution in [2.75, 3.05) is 26.2 Å². The number of sulfonamides is 1. The number of nitrogens with one attached hydrogen (secondary N) is 1. The molecule has 0 radical (unpaired) electrons. The Labute approximate surface area is 124 Å². The lowest BCUT2D eigenvalue weighted by Gasteiger charge is -2.25. The van der Waals surface area contributed by atoms with Gasteiger partial charge < -0.3 is 14.5 Å². The highest BCUT2D eigenvalue weighted by Crippen LogP contribution is 2.21. The maximum absolute atomic E-state index is 12.4. The van der Waals surface area contributed by atoms with E-state index in [0.717, 1.165) is 0 Å². The summed E-state index contributed by atoms with van der Waals surface area (Å²) in [5.74, 6) is -0.789. The standard InChI is InChI=1S/C13H20N2O5S/c1-13(2,3)20-12(16)10-4-5-11(19-10)21(17,18)15-8-6-14-7-9-15/h4-5,14H,6-9H2,1-3H3. The maximum atomic E-state index is 12.4. The highest BCUT2D eigenvalue weighted by Gasteiger charge is 2.30. The van der Waals surface area contributed by atoms with Gasteiger partial charge in [0, 0.05) is 26.2 Å². The minimum absolute atomic E-state index is 0.112. The van der Waals surface area contributed by atoms with Crippen LogP contribution in [0, 0.1) is 0 Å². The predicted octanol–water partition coefficient (Wildman–Crippen LogP) is 0.829. The van der Waals surface area contributed by atoms with Gasteiger partial charge in [-0.25, -0.2) is 13.2 Å². The van der Waals surface area contributed by atoms with Gasteiger partial charge in [0.2, 0.25) is 10.9 Å². The van der Waals surface area contributed by atoms with Gasteiger partial charge in [0.15, 0.2) is 0 Å². The summed E-state index contributed by atoms with van der Waals surface area (Å²) in [5.41, 5.74) is -0.665. The van der Waals surface area contributed by atoms with Gasteiger partial charge in [0.25, 0.3) is 10.0 Å². The van der Waals surface area contributed by atoms with Crippen molar-refractivity contribution in [3.05, 3.63) is 17.9 Å². The second-order valence-electron chi connectivity index (χ2n) is 5.77. The fourth-order valence-corrected chi connectivity index (χ4v) is 3.26. The average Bonchev–Trinajstić information content (AvgIpc) is 2.88. The van der Waals surface area contributed by atoms with E-state index in [4.69, 9.17) is 9.15 Å². The van der Waals surface area contributed by atoms with Gasteiger partial charge in [0.05, 0.1) is 0 Å². The molecule has 0 aliphatic carbocycles. The molecule has 0 amide bonds. The molecule has 0 atom stereocenters. The summed E-state index contributed by atoms with van der Waals surface area (Å²) in [6.07, 6.45) is 0. The van der Waals surface area contributed by atoms with Crippen LogP contribution in [0.2, 0.25) is 0 Å². The third-order valence-electron chi connectivity index (χ3n) is 2.85. The molecule has 1 saturated heterocycles. The Morgan fingerprint density at radius 1 is 1.29 bits per heavy atom. The average molecular weight is 316 g/mol. The molecular weight excluding hydrogens is 296 g/mol. The zero-order valence-corrected chi connectivity index (χ0v) is 13.2. The number of hydrogen-bond donors (Lipinski definition) is 1. The third kappa shape index (κ3) is 3.84. The second kappa shape index (κ2) is 5.78. The quantitative estimate of drug-likeness (QED) is 0.831. The first-order valence-corrected chi connectivity index (χ1v) is 8.18. The smallest absolute Gasteiger partial charge is 0.374 e. The van der Waals surface area contributed by atoms with Gasteiger partial charge in [-0.1, -0.05) is 0 Å². The molecule has 1 aliphatic heterocycles. The van der Waals surface area contributed by atoms with E-state index in [2.05, 4.69) is 5.32 Å². The van der Waals surface area contributed by atoms with E-state index >= 15 is 0 Å². The van der Waals surface area contributed by atoms with Gasteiger partial charge in [-0.2, -0.15) is 4.31 Å². The number of rotatable bonds is 3. The molecule has 1 aliphatic rings. The summed E-state index contributed by atoms with van der Waals surface area (Å²) in [6, 6.07) is 2.61. The molecule has 2 heterocycles. The van der Waals surface area contributed by atoms with Crippen molar-refractivity contribution >= 4 is 16.0 Å². The molecule has 118 valence electrons. The van der Waals surface area contributed by atoms with Crippen molar-refractivity contribution in [1.29, 1.82) is 0 Å². The van der Waals surface area contributed by atoms with Crippen molar-refractivity contribution in [3.63, 3.8) is 0 Å². The Balaban J connectivity index is 2.17. The van der Waals surface area contributed by atoms with Crippen molar-refractivity contribution in [2.24, 2.45) is 0 Å². The van der Waals surface area contributed by atoms with E-state index in [1.54, 1.807) is 20.8 Å². The zero-order chi connectivity index (χ0) is 15.7. The summed E-state index contributed by atoms with van der Waals surface area (Å²) < 4.78 is 36.4. The van der Waals surface area contributed by atoms with Crippen LogP contribution in [0.25, 0.3) is 0 Å². The molecule has 1 fully saturated rings. The molecule has 0 unspecified atom stereocenters. The van der Waals surface area contributed by atoms with Crippen LogP contribution in [0.4, 0.5) is 0 Å². The number of hydrogen-bond acceptors (Lipinski definition) is 6. The van der Waals surface area contributed by atoms with Crippen LogP contribution in [0.15, 0.2) is 21.6 Å². The molecule has 1 N–H and O–H groups in total. The Morgan fingerprint density at radius 3 is 2.48 bits per heavy atom. The van der Waals surface area contributed by atoms with Crippen LogP contribution >= 0.6 is 0 Å². The Morgan fingerprint density at radius 2 is 1.90 bits per heavy atom. The molecule has 1 aromatic heterocycles. The number of nitrogens with zero attached hydrogens (tertiary/aromatic N) is 1. The molecule has 21 heavy (non-hydrogen) atoms. The minimum Gasteiger partial charge on any atom is -0.454 e. The molecule has 0 bridgehead atoms. The van der Waals surface area contributed by atoms with Crippen LogP contribution in [0.1, 0.15) is 31.3 Å². The third-order valence-corrected chi connectivity index (χ3v) is 4.62. The fourth-order valence-electron chi connectivity index (χ4n) is 1.91. The predicted molar refractivity (Wildman–Crippen MR) is 75.5 cm³/mol. The van der Waals surface area contributed by atoms with E-state index in [1.807, 2.05) is 0 Å². The summed E-state index contributed by atoms with van der Waals surface area (Å²) >= 11 is 0. The lowest BCUT2D eigenvalue weighted by molar-refractivity contribution is 0.00309. The van der Waals surface area contributed by atoms with Crippen LogP contribution in [0.3, 0.4) is 0 Å². The van der Waals surface area contributed by atoms with Crippen LogP contribution in [-0.4, -0.2) is 50.5 Å². The normalized spacial score (nSPS) is 17.7. The Hall–Kier alpha value is -1.38. The van der Waals surface area contributed by atoms with E-state index in [9.17, 15) is 13.2 Å². The fraction of sp³-hybridized carbons (Fsp3) is 0.615. The highest BCUT2D eigenvalue weighted by atomic mass is 32.2. The number of carbonyl (C=O) groups is 1. The highest BCUT2D eigenvalue weighted by molar-refractivity contribution is 7.89. The van der Waals surface area contributed by atoms with Crippen LogP contribution in [-0.2, 0) is 14.8 Å². The number of piperazine rings is 1. The molecule has 8 heteroatoms. The number of esters is 1. The molecule has 0 aromatic carbocycles. The van der Waals surface area contributed by atoms with Crippen molar-refractivity contribution in [1.82, 2.24) is 9.62 Å². The topological polar surface area (TPSA) is 88.9 Å². The monoisotopic (exact) mass is 316 g/mol. The summed E-state index contributed by atoms with van der Waals surface area (Å²) in [4.78, 5) is 11.8. The zero-order valence-electron chi connectivity index (χ0n) is 12.4. The van der Waals surface area contributed by atoms with Crippen LogP contribution < -0.4 is 5.32 Å². The summed E-state index contributed by atoms with van der Waals surface area (Å²) in [5, 5.41) is 2.85. The minimum atomic E-state index is -3.70. The molecule has 0 saturated carbocycles. The first-order chi connectivity index (χ1) is 9.70. The number of furan rings is 1. The van der Waals surface area contributed by atoms with Gasteiger partial charge in [-0.05, 0) is 32.9 Å². The van der Waals surface area contributed by atoms with Crippen LogP contribution in [0.5, 0.6) is 0 Å². The van der Waals surface area contributed by atoms with E-state index in [0.29, 0.717) is 26.2 Å². The Kier molecular flexibility index (Phi) is 4.40. The van der Waals surface area contributed by atoms with E-state index in [-0.39, 0.29) is 10.9 Å². The van der Waals surface area contributed by atoms with Crippen molar-refractivity contribution < 1.29 is 22.4 Å². The SMILES string of the molecule is CC(C)(C)OC(=O)c1ccc(S(=O)(=O)N2CCNCC2)o1. The van der Waals surface area contributed by atoms with Crippen molar-refractivity contribution in [3.8, 4) is 0 Å². The Bertz CT molecular complexity index is 609. The first kappa shape index (κ1) is 16.0. The van der Waals surface area contributed by atoms with Gasteiger partial charge in [-0.15, -0.1) is 0 Å². The molecule has 0 spiro atoms. The van der Waals surface area contributed by atoms with Gasteiger partial charge in [-0.3, -0.25) is 0 Å². The summed E-state index contributed by atoms with van der Waals surface area (Å²) in [6.45, 7) is 7.14. The van der Waals surface area contributed by atoms with E-state index in [1.165, 1.54) is 16.4 Å². The molecule has 2 rings (SSSR count). The number of carbonyl (C=O) groups excluding carboxylic acids is 1. The largest absolute Gasteiger partial charge is 0.454 e. The lowest BCUT2D eigenvalue weighted by atomic mass is 10.2. The second-order valence-corrected chi connectivity index (χ2v) is 7.64. The van der Waals surface area contributed by atoms with E-state index < -0.39 is 21.6 Å². The maximum Gasteiger partial charge on any atom is 0.374 e. The lowest BCUT2D eigenvalue weighted by Crippen LogP contribution is -2.46. The summed E-state index contributed by atoms with van der Waals surface area (Å²) in [7, 11) is -3.70.